The first kappa shape index (κ1) is 24.7. The van der Waals surface area contributed by atoms with Crippen LogP contribution in [0.1, 0.15) is 29.4 Å². The topological polar surface area (TPSA) is 63.5 Å². The fourth-order valence-electron chi connectivity index (χ4n) is 3.21. The number of guanidine groups is 1. The molecule has 0 spiro atoms. The van der Waals surface area contributed by atoms with Crippen molar-refractivity contribution in [2.24, 2.45) is 4.99 Å². The molecule has 31 heavy (non-hydrogen) atoms. The van der Waals surface area contributed by atoms with E-state index in [1.165, 1.54) is 16.7 Å². The molecule has 1 unspecified atom stereocenters. The van der Waals surface area contributed by atoms with Gasteiger partial charge in [0.05, 0.1) is 6.54 Å². The molecule has 0 saturated heterocycles. The lowest BCUT2D eigenvalue weighted by molar-refractivity contribution is 0.223. The van der Waals surface area contributed by atoms with E-state index in [0.29, 0.717) is 13.1 Å². The summed E-state index contributed by atoms with van der Waals surface area (Å²) in [4.78, 5) is 8.60. The molecule has 3 aromatic rings. The van der Waals surface area contributed by atoms with E-state index in [9.17, 15) is 0 Å². The maximum Gasteiger partial charge on any atom is 0.191 e. The number of nitrogens with zero attached hydrogens (tertiary/aromatic N) is 3. The van der Waals surface area contributed by atoms with E-state index >= 15 is 0 Å². The summed E-state index contributed by atoms with van der Waals surface area (Å²) >= 11 is 0. The molecule has 3 rings (SSSR count). The standard InChI is InChI=1S/C24H31N5O.HI/c1-18-7-5-10-23(13-18)30-19(2)15-27-24(25-4)28-16-21-8-6-9-22(14-21)17-29-12-11-26-20(29)3;/h5-14,19H,15-17H2,1-4H3,(H2,25,27,28);1H. The van der Waals surface area contributed by atoms with Crippen LogP contribution in [-0.2, 0) is 13.1 Å². The molecule has 0 amide bonds. The molecule has 1 aromatic heterocycles. The lowest BCUT2D eigenvalue weighted by Gasteiger charge is -2.18. The molecular formula is C24H32IN5O. The monoisotopic (exact) mass is 533 g/mol. The predicted octanol–water partition coefficient (Wildman–Crippen LogP) is 4.30. The van der Waals surface area contributed by atoms with Crippen molar-refractivity contribution >= 4 is 29.9 Å². The SMILES string of the molecule is CN=C(NCc1cccc(Cn2ccnc2C)c1)NCC(C)Oc1cccc(C)c1.I. The molecule has 1 heterocycles. The van der Waals surface area contributed by atoms with Crippen LogP contribution in [0.2, 0.25) is 0 Å². The van der Waals surface area contributed by atoms with E-state index in [0.717, 1.165) is 24.1 Å². The number of ether oxygens (including phenoxy) is 1. The van der Waals surface area contributed by atoms with Gasteiger partial charge in [0.1, 0.15) is 17.7 Å². The molecule has 6 nitrogen and oxygen atoms in total. The maximum absolute atomic E-state index is 5.98. The molecular weight excluding hydrogens is 501 g/mol. The van der Waals surface area contributed by atoms with Gasteiger partial charge in [0.2, 0.25) is 0 Å². The molecule has 0 bridgehead atoms. The van der Waals surface area contributed by atoms with Gasteiger partial charge in [-0.2, -0.15) is 0 Å². The van der Waals surface area contributed by atoms with E-state index in [4.69, 9.17) is 4.74 Å². The van der Waals surface area contributed by atoms with Crippen LogP contribution in [0.4, 0.5) is 0 Å². The average Bonchev–Trinajstić information content (AvgIpc) is 3.13. The molecule has 7 heteroatoms. The summed E-state index contributed by atoms with van der Waals surface area (Å²) < 4.78 is 8.12. The second kappa shape index (κ2) is 12.3. The second-order valence-corrected chi connectivity index (χ2v) is 7.47. The van der Waals surface area contributed by atoms with Crippen LogP contribution >= 0.6 is 24.0 Å². The van der Waals surface area contributed by atoms with Gasteiger partial charge < -0.3 is 19.9 Å². The molecule has 0 fully saturated rings. The molecule has 0 aliphatic heterocycles. The summed E-state index contributed by atoms with van der Waals surface area (Å²) in [6.45, 7) is 8.31. The van der Waals surface area contributed by atoms with Crippen molar-refractivity contribution in [3.8, 4) is 5.75 Å². The highest BCUT2D eigenvalue weighted by Crippen LogP contribution is 2.14. The first-order valence-corrected chi connectivity index (χ1v) is 10.3. The molecule has 0 radical (unpaired) electrons. The van der Waals surface area contributed by atoms with Crippen LogP contribution in [0, 0.1) is 13.8 Å². The summed E-state index contributed by atoms with van der Waals surface area (Å²) in [5.74, 6) is 2.66. The normalized spacial score (nSPS) is 12.1. The first-order chi connectivity index (χ1) is 14.5. The number of imidazole rings is 1. The second-order valence-electron chi connectivity index (χ2n) is 7.47. The van der Waals surface area contributed by atoms with Crippen LogP contribution in [0.3, 0.4) is 0 Å². The molecule has 166 valence electrons. The summed E-state index contributed by atoms with van der Waals surface area (Å²) in [5.41, 5.74) is 3.64. The molecule has 0 aliphatic rings. The van der Waals surface area contributed by atoms with Crippen LogP contribution in [0.25, 0.3) is 0 Å². The summed E-state index contributed by atoms with van der Waals surface area (Å²) in [6.07, 6.45) is 3.86. The Morgan fingerprint density at radius 1 is 1.10 bits per heavy atom. The van der Waals surface area contributed by atoms with Crippen molar-refractivity contribution in [2.75, 3.05) is 13.6 Å². The zero-order valence-corrected chi connectivity index (χ0v) is 21.0. The van der Waals surface area contributed by atoms with E-state index in [1.54, 1.807) is 7.05 Å². The van der Waals surface area contributed by atoms with E-state index < -0.39 is 0 Å². The molecule has 1 atom stereocenters. The van der Waals surface area contributed by atoms with Gasteiger partial charge in [-0.05, 0) is 49.6 Å². The smallest absolute Gasteiger partial charge is 0.191 e. The number of aromatic nitrogens is 2. The average molecular weight is 533 g/mol. The number of rotatable bonds is 8. The Morgan fingerprint density at radius 3 is 2.58 bits per heavy atom. The van der Waals surface area contributed by atoms with Crippen molar-refractivity contribution in [1.82, 2.24) is 20.2 Å². The number of hydrogen-bond acceptors (Lipinski definition) is 3. The minimum atomic E-state index is 0. The van der Waals surface area contributed by atoms with Crippen molar-refractivity contribution in [1.29, 1.82) is 0 Å². The quantitative estimate of drug-likeness (QED) is 0.258. The summed E-state index contributed by atoms with van der Waals surface area (Å²) in [5, 5.41) is 6.71. The number of hydrogen-bond donors (Lipinski definition) is 2. The maximum atomic E-state index is 5.98. The van der Waals surface area contributed by atoms with Gasteiger partial charge in [-0.1, -0.05) is 36.4 Å². The summed E-state index contributed by atoms with van der Waals surface area (Å²) in [6, 6.07) is 16.7. The van der Waals surface area contributed by atoms with Gasteiger partial charge in [-0.15, -0.1) is 24.0 Å². The molecule has 0 saturated carbocycles. The van der Waals surface area contributed by atoms with Crippen LogP contribution in [-0.4, -0.2) is 35.2 Å². The van der Waals surface area contributed by atoms with Crippen molar-refractivity contribution in [3.63, 3.8) is 0 Å². The Hall–Kier alpha value is -2.55. The minimum Gasteiger partial charge on any atom is -0.489 e. The fourth-order valence-corrected chi connectivity index (χ4v) is 3.21. The Labute approximate surface area is 202 Å². The zero-order chi connectivity index (χ0) is 21.3. The third-order valence-electron chi connectivity index (χ3n) is 4.84. The van der Waals surface area contributed by atoms with Gasteiger partial charge >= 0.3 is 0 Å². The Kier molecular flexibility index (Phi) is 9.84. The van der Waals surface area contributed by atoms with Crippen LogP contribution in [0.15, 0.2) is 65.9 Å². The van der Waals surface area contributed by atoms with E-state index in [2.05, 4.69) is 62.4 Å². The highest BCUT2D eigenvalue weighted by Gasteiger charge is 2.07. The third-order valence-corrected chi connectivity index (χ3v) is 4.84. The number of nitrogens with one attached hydrogen (secondary N) is 2. The highest BCUT2D eigenvalue weighted by atomic mass is 127. The summed E-state index contributed by atoms with van der Waals surface area (Å²) in [7, 11) is 1.78. The van der Waals surface area contributed by atoms with Crippen LogP contribution in [0.5, 0.6) is 5.75 Å². The van der Waals surface area contributed by atoms with Gasteiger partial charge in [0, 0.05) is 32.5 Å². The van der Waals surface area contributed by atoms with Gasteiger partial charge in [-0.3, -0.25) is 4.99 Å². The number of aryl methyl sites for hydroxylation is 2. The van der Waals surface area contributed by atoms with Crippen molar-refractivity contribution in [2.45, 2.75) is 40.0 Å². The number of benzene rings is 2. The minimum absolute atomic E-state index is 0. The van der Waals surface area contributed by atoms with Gasteiger partial charge in [-0.25, -0.2) is 4.98 Å². The van der Waals surface area contributed by atoms with Crippen molar-refractivity contribution in [3.05, 3.63) is 83.4 Å². The molecule has 0 aliphatic carbocycles. The van der Waals surface area contributed by atoms with Gasteiger partial charge in [0.25, 0.3) is 0 Å². The zero-order valence-electron chi connectivity index (χ0n) is 18.6. The lowest BCUT2D eigenvalue weighted by Crippen LogP contribution is -2.41. The van der Waals surface area contributed by atoms with Gasteiger partial charge in [0.15, 0.2) is 5.96 Å². The Balaban J connectivity index is 0.00000341. The molecule has 2 aromatic carbocycles. The van der Waals surface area contributed by atoms with Crippen molar-refractivity contribution < 1.29 is 4.74 Å². The highest BCUT2D eigenvalue weighted by molar-refractivity contribution is 14.0. The Bertz CT molecular complexity index is 985. The predicted molar refractivity (Wildman–Crippen MR) is 137 cm³/mol. The first-order valence-electron chi connectivity index (χ1n) is 10.3. The van der Waals surface area contributed by atoms with E-state index in [1.807, 2.05) is 44.4 Å². The Morgan fingerprint density at radius 2 is 1.87 bits per heavy atom. The fraction of sp³-hybridized carbons (Fsp3) is 0.333. The lowest BCUT2D eigenvalue weighted by atomic mass is 10.1. The van der Waals surface area contributed by atoms with Crippen LogP contribution < -0.4 is 15.4 Å². The largest absolute Gasteiger partial charge is 0.489 e. The third kappa shape index (κ3) is 7.90. The number of aliphatic imine (C=N–C) groups is 1. The molecule has 2 N–H and O–H groups in total. The number of halogens is 1. The van der Waals surface area contributed by atoms with E-state index in [-0.39, 0.29) is 30.1 Å².